The molecule has 0 bridgehead atoms. The number of hydrogen-bond donors (Lipinski definition) is 0. The molecule has 120 valence electrons. The van der Waals surface area contributed by atoms with Crippen LogP contribution < -0.4 is 0 Å². The molecule has 0 aromatic carbocycles. The lowest BCUT2D eigenvalue weighted by molar-refractivity contribution is -0.388. The molecule has 0 atom stereocenters. The zero-order chi connectivity index (χ0) is 16.8. The fourth-order valence-corrected chi connectivity index (χ4v) is 1.01. The second kappa shape index (κ2) is 4.98. The SMILES string of the molecule is FC(F)(F)C(Br)=CC(F)(F)C(F)(F)C(F)(F)C(F)(F)F. The number of hydrogen-bond acceptors (Lipinski definition) is 0. The molecule has 0 unspecified atom stereocenters. The molecule has 0 radical (unpaired) electrons. The summed E-state index contributed by atoms with van der Waals surface area (Å²) < 4.78 is 143. The van der Waals surface area contributed by atoms with Crippen molar-refractivity contribution in [2.24, 2.45) is 0 Å². The summed E-state index contributed by atoms with van der Waals surface area (Å²) in [4.78, 5) is 0. The lowest BCUT2D eigenvalue weighted by Crippen LogP contribution is -2.60. The van der Waals surface area contributed by atoms with Crippen molar-refractivity contribution in [1.29, 1.82) is 0 Å². The largest absolute Gasteiger partial charge is 0.460 e. The van der Waals surface area contributed by atoms with E-state index in [1.807, 2.05) is 0 Å². The number of alkyl halides is 12. The van der Waals surface area contributed by atoms with Crippen molar-refractivity contribution in [3.8, 4) is 0 Å². The van der Waals surface area contributed by atoms with Crippen LogP contribution in [0.25, 0.3) is 0 Å². The molecule has 0 nitrogen and oxygen atoms in total. The molecule has 0 aromatic heterocycles. The minimum absolute atomic E-state index is 1.34. The van der Waals surface area contributed by atoms with Crippen molar-refractivity contribution in [3.05, 3.63) is 10.6 Å². The highest BCUT2D eigenvalue weighted by Crippen LogP contribution is 2.54. The summed E-state index contributed by atoms with van der Waals surface area (Å²) in [6.07, 6.45) is -14.5. The third kappa shape index (κ3) is 3.34. The Labute approximate surface area is 110 Å². The molecule has 0 aliphatic heterocycles. The molecule has 20 heavy (non-hydrogen) atoms. The van der Waals surface area contributed by atoms with Crippen molar-refractivity contribution in [2.75, 3.05) is 0 Å². The van der Waals surface area contributed by atoms with E-state index < -0.39 is 40.7 Å². The Balaban J connectivity index is 5.84. The van der Waals surface area contributed by atoms with Gasteiger partial charge in [0.2, 0.25) is 0 Å². The summed E-state index contributed by atoms with van der Waals surface area (Å²) in [5.74, 6) is -20.8. The summed E-state index contributed by atoms with van der Waals surface area (Å²) in [5, 5.41) is 0. The smallest absolute Gasteiger partial charge is 0.195 e. The van der Waals surface area contributed by atoms with E-state index in [9.17, 15) is 52.7 Å². The van der Waals surface area contributed by atoms with Crippen LogP contribution in [0.1, 0.15) is 0 Å². The normalized spacial score (nSPS) is 16.6. The predicted molar refractivity (Wildman–Crippen MR) is 44.0 cm³/mol. The van der Waals surface area contributed by atoms with Gasteiger partial charge in [0.1, 0.15) is 4.48 Å². The highest BCUT2D eigenvalue weighted by molar-refractivity contribution is 9.11. The van der Waals surface area contributed by atoms with Gasteiger partial charge >= 0.3 is 30.1 Å². The Hall–Kier alpha value is -0.620. The summed E-state index contributed by atoms with van der Waals surface area (Å²) in [7, 11) is 0. The lowest BCUT2D eigenvalue weighted by Gasteiger charge is -2.32. The van der Waals surface area contributed by atoms with Crippen LogP contribution in [0, 0.1) is 0 Å². The minimum atomic E-state index is -7.24. The Morgan fingerprint density at radius 1 is 0.650 bits per heavy atom. The minimum Gasteiger partial charge on any atom is -0.195 e. The van der Waals surface area contributed by atoms with E-state index >= 15 is 0 Å². The summed E-state index contributed by atoms with van der Waals surface area (Å²) in [5.41, 5.74) is 0. The van der Waals surface area contributed by atoms with Gasteiger partial charge in [-0.1, -0.05) is 0 Å². The zero-order valence-electron chi connectivity index (χ0n) is 8.49. The highest BCUT2D eigenvalue weighted by Gasteiger charge is 2.81. The van der Waals surface area contributed by atoms with Crippen LogP contribution in [-0.4, -0.2) is 30.1 Å². The van der Waals surface area contributed by atoms with Crippen molar-refractivity contribution >= 4 is 15.9 Å². The van der Waals surface area contributed by atoms with Gasteiger partial charge in [0, 0.05) is 6.08 Å². The van der Waals surface area contributed by atoms with Crippen LogP contribution in [0.2, 0.25) is 0 Å². The van der Waals surface area contributed by atoms with E-state index in [0.717, 1.165) is 0 Å². The maximum absolute atomic E-state index is 12.7. The summed E-state index contributed by atoms with van der Waals surface area (Å²) in [6.45, 7) is 0. The van der Waals surface area contributed by atoms with E-state index in [2.05, 4.69) is 0 Å². The number of allylic oxidation sites excluding steroid dienone is 2. The third-order valence-electron chi connectivity index (χ3n) is 1.75. The molecule has 0 saturated heterocycles. The van der Waals surface area contributed by atoms with Gasteiger partial charge in [-0.2, -0.15) is 52.7 Å². The molecule has 0 N–H and O–H groups in total. The van der Waals surface area contributed by atoms with Gasteiger partial charge in [0.25, 0.3) is 0 Å². The Bertz CT molecular complexity index is 386. The first kappa shape index (κ1) is 19.4. The van der Waals surface area contributed by atoms with Gasteiger partial charge < -0.3 is 0 Å². The molecule has 0 amide bonds. The van der Waals surface area contributed by atoms with E-state index in [-0.39, 0.29) is 0 Å². The highest BCUT2D eigenvalue weighted by atomic mass is 79.9. The molecule has 0 spiro atoms. The van der Waals surface area contributed by atoms with Crippen LogP contribution in [0.4, 0.5) is 52.7 Å². The summed E-state index contributed by atoms with van der Waals surface area (Å²) >= 11 is 1.34. The lowest BCUT2D eigenvalue weighted by atomic mass is 10.0. The standard InChI is InChI=1S/C7HBrF12/c8-2(4(11,12)13)1-3(9,10)5(14,15)6(16,17)7(18,19)20/h1H. The van der Waals surface area contributed by atoms with Crippen molar-refractivity contribution in [1.82, 2.24) is 0 Å². The molecule has 0 rings (SSSR count). The number of halogens is 13. The monoisotopic (exact) mass is 392 g/mol. The zero-order valence-corrected chi connectivity index (χ0v) is 10.1. The second-order valence-electron chi connectivity index (χ2n) is 3.26. The van der Waals surface area contributed by atoms with Crippen LogP contribution in [0.3, 0.4) is 0 Å². The Morgan fingerprint density at radius 2 is 1.00 bits per heavy atom. The topological polar surface area (TPSA) is 0 Å². The first-order chi connectivity index (χ1) is 8.38. The van der Waals surface area contributed by atoms with E-state index in [0.29, 0.717) is 0 Å². The maximum atomic E-state index is 12.7. The van der Waals surface area contributed by atoms with Gasteiger partial charge in [0.05, 0.1) is 0 Å². The van der Waals surface area contributed by atoms with E-state index in [1.165, 1.54) is 15.9 Å². The van der Waals surface area contributed by atoms with E-state index in [1.54, 1.807) is 0 Å². The van der Waals surface area contributed by atoms with Crippen molar-refractivity contribution < 1.29 is 52.7 Å². The van der Waals surface area contributed by atoms with Gasteiger partial charge in [0.15, 0.2) is 0 Å². The fraction of sp³-hybridized carbons (Fsp3) is 0.714. The summed E-state index contributed by atoms with van der Waals surface area (Å²) in [6, 6.07) is 0. The van der Waals surface area contributed by atoms with Crippen molar-refractivity contribution in [2.45, 2.75) is 30.1 Å². The van der Waals surface area contributed by atoms with Crippen LogP contribution >= 0.6 is 15.9 Å². The molecule has 0 saturated carbocycles. The molecule has 13 heteroatoms. The average Bonchev–Trinajstić information content (AvgIpc) is 2.12. The average molecular weight is 393 g/mol. The Morgan fingerprint density at radius 3 is 1.25 bits per heavy atom. The van der Waals surface area contributed by atoms with Crippen LogP contribution in [0.15, 0.2) is 10.6 Å². The fourth-order valence-electron chi connectivity index (χ4n) is 0.719. The molecule has 0 aliphatic rings. The second-order valence-corrected chi connectivity index (χ2v) is 4.11. The maximum Gasteiger partial charge on any atom is 0.460 e. The molecule has 0 fully saturated rings. The molecule has 0 aromatic rings. The van der Waals surface area contributed by atoms with Crippen LogP contribution in [-0.2, 0) is 0 Å². The molecular weight excluding hydrogens is 392 g/mol. The number of rotatable bonds is 3. The van der Waals surface area contributed by atoms with E-state index in [4.69, 9.17) is 0 Å². The quantitative estimate of drug-likeness (QED) is 0.572. The predicted octanol–water partition coefficient (Wildman–Crippen LogP) is 5.30. The molecule has 0 heterocycles. The molecular formula is C7HBrF12. The van der Waals surface area contributed by atoms with Gasteiger partial charge in [-0.3, -0.25) is 0 Å². The Kier molecular flexibility index (Phi) is 4.83. The van der Waals surface area contributed by atoms with Gasteiger partial charge in [-0.25, -0.2) is 0 Å². The first-order valence-electron chi connectivity index (χ1n) is 4.03. The van der Waals surface area contributed by atoms with Crippen LogP contribution in [0.5, 0.6) is 0 Å². The van der Waals surface area contributed by atoms with Crippen molar-refractivity contribution in [3.63, 3.8) is 0 Å². The third-order valence-corrected chi connectivity index (χ3v) is 2.43. The molecule has 0 aliphatic carbocycles. The van der Waals surface area contributed by atoms with Gasteiger partial charge in [-0.15, -0.1) is 0 Å². The first-order valence-corrected chi connectivity index (χ1v) is 4.83. The van der Waals surface area contributed by atoms with Gasteiger partial charge in [-0.05, 0) is 15.9 Å².